The number of unbranched alkanes of at least 4 members (excludes halogenated alkanes) is 2. The van der Waals surface area contributed by atoms with Gasteiger partial charge in [-0.1, -0.05) is 18.5 Å². The Hall–Kier alpha value is -0.800. The predicted molar refractivity (Wildman–Crippen MR) is 69.3 cm³/mol. The second-order valence-corrected chi connectivity index (χ2v) is 4.24. The number of rotatable bonds is 8. The summed E-state index contributed by atoms with van der Waals surface area (Å²) in [5.74, 6) is 0.215. The highest BCUT2D eigenvalue weighted by Gasteiger charge is 2.02. The summed E-state index contributed by atoms with van der Waals surface area (Å²) in [6.07, 6.45) is 3.25. The zero-order valence-electron chi connectivity index (χ0n) is 10.1. The molecule has 0 aliphatic carbocycles. The van der Waals surface area contributed by atoms with Crippen molar-refractivity contribution in [2.24, 2.45) is 0 Å². The van der Waals surface area contributed by atoms with Crippen LogP contribution in [0.3, 0.4) is 0 Å². The van der Waals surface area contributed by atoms with Crippen molar-refractivity contribution in [2.75, 3.05) is 19.7 Å². The topological polar surface area (TPSA) is 21.3 Å². The summed E-state index contributed by atoms with van der Waals surface area (Å²) in [7, 11) is 0. The molecule has 0 saturated heterocycles. The first kappa shape index (κ1) is 14.3. The van der Waals surface area contributed by atoms with Crippen molar-refractivity contribution in [2.45, 2.75) is 26.2 Å². The minimum Gasteiger partial charge on any atom is -0.492 e. The Morgan fingerprint density at radius 2 is 2.12 bits per heavy atom. The van der Waals surface area contributed by atoms with Crippen LogP contribution in [-0.2, 0) is 0 Å². The molecule has 0 fully saturated rings. The van der Waals surface area contributed by atoms with Crippen LogP contribution in [0.4, 0.5) is 4.39 Å². The molecule has 0 spiro atoms. The monoisotopic (exact) mass is 259 g/mol. The second-order valence-electron chi connectivity index (χ2n) is 3.84. The number of benzene rings is 1. The molecule has 0 saturated carbocycles. The Bertz CT molecular complexity index is 333. The molecular weight excluding hydrogens is 241 g/mol. The van der Waals surface area contributed by atoms with E-state index in [0.29, 0.717) is 17.4 Å². The third-order valence-electron chi connectivity index (χ3n) is 2.40. The molecule has 2 nitrogen and oxygen atoms in total. The molecule has 17 heavy (non-hydrogen) atoms. The van der Waals surface area contributed by atoms with Gasteiger partial charge in [0.15, 0.2) is 0 Å². The van der Waals surface area contributed by atoms with Crippen LogP contribution in [0.2, 0.25) is 5.02 Å². The van der Waals surface area contributed by atoms with E-state index in [1.807, 2.05) is 0 Å². The predicted octanol–water partition coefficient (Wildman–Crippen LogP) is 3.64. The summed E-state index contributed by atoms with van der Waals surface area (Å²) in [5.41, 5.74) is 0. The highest BCUT2D eigenvalue weighted by atomic mass is 35.5. The molecule has 1 rings (SSSR count). The van der Waals surface area contributed by atoms with Crippen LogP contribution in [0.25, 0.3) is 0 Å². The summed E-state index contributed by atoms with van der Waals surface area (Å²) in [6, 6.07) is 4.19. The molecule has 0 atom stereocenters. The van der Waals surface area contributed by atoms with E-state index in [4.69, 9.17) is 16.3 Å². The van der Waals surface area contributed by atoms with Crippen molar-refractivity contribution >= 4 is 11.6 Å². The maximum absolute atomic E-state index is 12.8. The van der Waals surface area contributed by atoms with E-state index < -0.39 is 0 Å². The van der Waals surface area contributed by atoms with Crippen LogP contribution in [0.1, 0.15) is 26.2 Å². The van der Waals surface area contributed by atoms with Crippen molar-refractivity contribution in [1.82, 2.24) is 5.32 Å². The van der Waals surface area contributed by atoms with Crippen LogP contribution in [0, 0.1) is 5.82 Å². The fourth-order valence-corrected chi connectivity index (χ4v) is 1.70. The summed E-state index contributed by atoms with van der Waals surface area (Å²) < 4.78 is 18.2. The van der Waals surface area contributed by atoms with Gasteiger partial charge in [-0.25, -0.2) is 4.39 Å². The van der Waals surface area contributed by atoms with Gasteiger partial charge in [-0.3, -0.25) is 0 Å². The maximum atomic E-state index is 12.8. The lowest BCUT2D eigenvalue weighted by atomic mass is 10.2. The minimum absolute atomic E-state index is 0.331. The molecule has 0 aliphatic heterocycles. The summed E-state index contributed by atoms with van der Waals surface area (Å²) in [5, 5.41) is 3.60. The third kappa shape index (κ3) is 5.89. The largest absolute Gasteiger partial charge is 0.492 e. The smallest absolute Gasteiger partial charge is 0.138 e. The van der Waals surface area contributed by atoms with E-state index in [0.717, 1.165) is 32.4 Å². The van der Waals surface area contributed by atoms with Gasteiger partial charge in [-0.05, 0) is 50.6 Å². The molecule has 0 bridgehead atoms. The van der Waals surface area contributed by atoms with E-state index in [1.165, 1.54) is 12.1 Å². The lowest BCUT2D eigenvalue weighted by molar-refractivity contribution is 0.304. The number of nitrogens with one attached hydrogen (secondary N) is 1. The fraction of sp³-hybridized carbons (Fsp3) is 0.538. The average Bonchev–Trinajstić information content (AvgIpc) is 2.30. The van der Waals surface area contributed by atoms with Gasteiger partial charge in [-0.15, -0.1) is 0 Å². The Morgan fingerprint density at radius 1 is 1.29 bits per heavy atom. The Morgan fingerprint density at radius 3 is 2.82 bits per heavy atom. The Balaban J connectivity index is 2.14. The van der Waals surface area contributed by atoms with Gasteiger partial charge in [0.2, 0.25) is 0 Å². The van der Waals surface area contributed by atoms with E-state index in [2.05, 4.69) is 12.2 Å². The molecule has 96 valence electrons. The van der Waals surface area contributed by atoms with E-state index >= 15 is 0 Å². The van der Waals surface area contributed by atoms with Gasteiger partial charge in [0.25, 0.3) is 0 Å². The van der Waals surface area contributed by atoms with Crippen LogP contribution < -0.4 is 10.1 Å². The molecule has 4 heteroatoms. The van der Waals surface area contributed by atoms with Crippen molar-refractivity contribution in [3.63, 3.8) is 0 Å². The second kappa shape index (κ2) is 8.31. The van der Waals surface area contributed by atoms with Crippen LogP contribution in [0.15, 0.2) is 18.2 Å². The van der Waals surface area contributed by atoms with E-state index in [1.54, 1.807) is 6.07 Å². The van der Waals surface area contributed by atoms with E-state index in [-0.39, 0.29) is 5.82 Å². The zero-order valence-corrected chi connectivity index (χ0v) is 10.9. The number of halogens is 2. The summed E-state index contributed by atoms with van der Waals surface area (Å²) >= 11 is 5.84. The highest BCUT2D eigenvalue weighted by molar-refractivity contribution is 6.32. The molecule has 1 N–H and O–H groups in total. The first-order valence-corrected chi connectivity index (χ1v) is 6.40. The van der Waals surface area contributed by atoms with Gasteiger partial charge in [0.1, 0.15) is 11.6 Å². The molecule has 0 amide bonds. The molecule has 0 aromatic heterocycles. The average molecular weight is 260 g/mol. The lowest BCUT2D eigenvalue weighted by Crippen LogP contribution is -2.14. The van der Waals surface area contributed by atoms with E-state index in [9.17, 15) is 4.39 Å². The molecule has 0 aliphatic rings. The fourth-order valence-electron chi connectivity index (χ4n) is 1.48. The molecular formula is C13H19ClFNO. The van der Waals surface area contributed by atoms with Gasteiger partial charge in [0.05, 0.1) is 11.6 Å². The van der Waals surface area contributed by atoms with Crippen molar-refractivity contribution in [3.05, 3.63) is 29.0 Å². The number of hydrogen-bond acceptors (Lipinski definition) is 2. The SMILES string of the molecule is CCNCCCCCOc1ccc(F)cc1Cl. The van der Waals surface area contributed by atoms with Gasteiger partial charge in [0, 0.05) is 0 Å². The third-order valence-corrected chi connectivity index (χ3v) is 2.69. The Kier molecular flexibility index (Phi) is 6.97. The first-order valence-electron chi connectivity index (χ1n) is 6.02. The van der Waals surface area contributed by atoms with Crippen molar-refractivity contribution < 1.29 is 9.13 Å². The number of ether oxygens (including phenoxy) is 1. The van der Waals surface area contributed by atoms with Gasteiger partial charge >= 0.3 is 0 Å². The maximum Gasteiger partial charge on any atom is 0.138 e. The van der Waals surface area contributed by atoms with Crippen LogP contribution in [-0.4, -0.2) is 19.7 Å². The molecule has 1 aromatic carbocycles. The number of hydrogen-bond donors (Lipinski definition) is 1. The standard InChI is InChI=1S/C13H19ClFNO/c1-2-16-8-4-3-5-9-17-13-7-6-11(15)10-12(13)14/h6-7,10,16H,2-5,8-9H2,1H3. The molecule has 0 heterocycles. The van der Waals surface area contributed by atoms with Crippen molar-refractivity contribution in [3.8, 4) is 5.75 Å². The molecule has 0 radical (unpaired) electrons. The molecule has 1 aromatic rings. The highest BCUT2D eigenvalue weighted by Crippen LogP contribution is 2.24. The van der Waals surface area contributed by atoms with Gasteiger partial charge in [-0.2, -0.15) is 0 Å². The Labute approximate surface area is 107 Å². The van der Waals surface area contributed by atoms with Crippen molar-refractivity contribution in [1.29, 1.82) is 0 Å². The molecule has 0 unspecified atom stereocenters. The normalized spacial score (nSPS) is 10.5. The van der Waals surface area contributed by atoms with Gasteiger partial charge < -0.3 is 10.1 Å². The lowest BCUT2D eigenvalue weighted by Gasteiger charge is -2.07. The van der Waals surface area contributed by atoms with Crippen LogP contribution in [0.5, 0.6) is 5.75 Å². The zero-order chi connectivity index (χ0) is 12.5. The summed E-state index contributed by atoms with van der Waals surface area (Å²) in [4.78, 5) is 0. The first-order chi connectivity index (χ1) is 8.24. The minimum atomic E-state index is -0.340. The van der Waals surface area contributed by atoms with Crippen LogP contribution >= 0.6 is 11.6 Å². The summed E-state index contributed by atoms with van der Waals surface area (Å²) in [6.45, 7) is 4.78. The quantitative estimate of drug-likeness (QED) is 0.720.